The Morgan fingerprint density at radius 3 is 2.78 bits per heavy atom. The Hall–Kier alpha value is -2.80. The number of rotatable bonds is 4. The molecule has 2 aromatic carbocycles. The van der Waals surface area contributed by atoms with Crippen molar-refractivity contribution in [3.63, 3.8) is 0 Å². The smallest absolute Gasteiger partial charge is 0.230 e. The number of aromatic nitrogens is 2. The Balaban J connectivity index is 1.44. The summed E-state index contributed by atoms with van der Waals surface area (Å²) >= 11 is 1.45. The van der Waals surface area contributed by atoms with Crippen molar-refractivity contribution in [1.82, 2.24) is 10.1 Å². The van der Waals surface area contributed by atoms with E-state index in [0.29, 0.717) is 22.2 Å². The van der Waals surface area contributed by atoms with Crippen LogP contribution in [-0.4, -0.2) is 16.9 Å². The summed E-state index contributed by atoms with van der Waals surface area (Å²) in [6.07, 6.45) is 0. The number of hydrogen-bond acceptors (Lipinski definition) is 7. The zero-order valence-electron chi connectivity index (χ0n) is 12.3. The summed E-state index contributed by atoms with van der Waals surface area (Å²) < 4.78 is 17.4. The first-order valence-electron chi connectivity index (χ1n) is 6.97. The zero-order chi connectivity index (χ0) is 15.8. The van der Waals surface area contributed by atoms with Gasteiger partial charge in [0.1, 0.15) is 11.5 Å². The minimum Gasteiger partial charge on any atom is -0.457 e. The SMILES string of the molecule is Cc1noc2cc(OCOc3ccc4sc(N)nc4c3)ccc12. The number of thiazole rings is 1. The van der Waals surface area contributed by atoms with Crippen LogP contribution < -0.4 is 15.2 Å². The molecule has 0 aliphatic heterocycles. The molecule has 0 bridgehead atoms. The van der Waals surface area contributed by atoms with Crippen molar-refractivity contribution < 1.29 is 14.0 Å². The van der Waals surface area contributed by atoms with Crippen LogP contribution in [-0.2, 0) is 0 Å². The van der Waals surface area contributed by atoms with Gasteiger partial charge in [-0.2, -0.15) is 0 Å². The highest BCUT2D eigenvalue weighted by Gasteiger charge is 2.06. The van der Waals surface area contributed by atoms with Crippen LogP contribution in [0.15, 0.2) is 40.9 Å². The molecule has 116 valence electrons. The molecule has 6 nitrogen and oxygen atoms in total. The second-order valence-corrected chi connectivity index (χ2v) is 6.08. The Morgan fingerprint density at radius 2 is 1.91 bits per heavy atom. The number of anilines is 1. The standard InChI is InChI=1S/C16H13N3O3S/c1-9-12-4-2-11(7-14(12)22-19-9)21-8-20-10-3-5-15-13(6-10)18-16(17)23-15/h2-7H,8H2,1H3,(H2,17,18). The van der Waals surface area contributed by atoms with Crippen LogP contribution >= 0.6 is 11.3 Å². The van der Waals surface area contributed by atoms with Crippen LogP contribution in [0.1, 0.15) is 5.69 Å². The summed E-state index contributed by atoms with van der Waals surface area (Å²) in [6.45, 7) is 1.99. The minimum absolute atomic E-state index is 0.0871. The van der Waals surface area contributed by atoms with E-state index in [1.165, 1.54) is 11.3 Å². The molecule has 0 saturated heterocycles. The van der Waals surface area contributed by atoms with Crippen molar-refractivity contribution in [1.29, 1.82) is 0 Å². The van der Waals surface area contributed by atoms with Gasteiger partial charge in [0.15, 0.2) is 10.7 Å². The molecule has 7 heteroatoms. The summed E-state index contributed by atoms with van der Waals surface area (Å²) in [4.78, 5) is 4.23. The number of benzene rings is 2. The summed E-state index contributed by atoms with van der Waals surface area (Å²) in [5.41, 5.74) is 8.07. The van der Waals surface area contributed by atoms with E-state index in [0.717, 1.165) is 21.3 Å². The largest absolute Gasteiger partial charge is 0.457 e. The second-order valence-electron chi connectivity index (χ2n) is 5.01. The molecule has 0 amide bonds. The van der Waals surface area contributed by atoms with E-state index in [1.54, 1.807) is 6.07 Å². The highest BCUT2D eigenvalue weighted by Crippen LogP contribution is 2.27. The number of fused-ring (bicyclic) bond motifs is 2. The van der Waals surface area contributed by atoms with E-state index in [9.17, 15) is 0 Å². The highest BCUT2D eigenvalue weighted by molar-refractivity contribution is 7.22. The zero-order valence-corrected chi connectivity index (χ0v) is 13.1. The maximum absolute atomic E-state index is 5.69. The molecule has 0 fully saturated rings. The number of ether oxygens (including phenoxy) is 2. The van der Waals surface area contributed by atoms with Gasteiger partial charge < -0.3 is 19.7 Å². The lowest BCUT2D eigenvalue weighted by Gasteiger charge is -2.08. The van der Waals surface area contributed by atoms with E-state index >= 15 is 0 Å². The predicted molar refractivity (Wildman–Crippen MR) is 88.9 cm³/mol. The van der Waals surface area contributed by atoms with E-state index in [-0.39, 0.29) is 6.79 Å². The maximum Gasteiger partial charge on any atom is 0.230 e. The van der Waals surface area contributed by atoms with E-state index in [1.807, 2.05) is 37.3 Å². The lowest BCUT2D eigenvalue weighted by Crippen LogP contribution is -2.05. The molecule has 0 atom stereocenters. The van der Waals surface area contributed by atoms with Gasteiger partial charge in [0, 0.05) is 17.5 Å². The second kappa shape index (κ2) is 5.44. The van der Waals surface area contributed by atoms with E-state index in [4.69, 9.17) is 19.7 Å². The van der Waals surface area contributed by atoms with Gasteiger partial charge in [-0.25, -0.2) is 4.98 Å². The number of nitrogens with two attached hydrogens (primary N) is 1. The predicted octanol–water partition coefficient (Wildman–Crippen LogP) is 3.74. The van der Waals surface area contributed by atoms with Crippen molar-refractivity contribution >= 4 is 37.7 Å². The van der Waals surface area contributed by atoms with Crippen LogP contribution in [0.2, 0.25) is 0 Å². The molecule has 0 spiro atoms. The van der Waals surface area contributed by atoms with Crippen LogP contribution in [0.5, 0.6) is 11.5 Å². The van der Waals surface area contributed by atoms with Gasteiger partial charge in [-0.3, -0.25) is 0 Å². The van der Waals surface area contributed by atoms with Crippen LogP contribution in [0, 0.1) is 6.92 Å². The van der Waals surface area contributed by atoms with Crippen LogP contribution in [0.4, 0.5) is 5.13 Å². The van der Waals surface area contributed by atoms with Crippen LogP contribution in [0.25, 0.3) is 21.2 Å². The maximum atomic E-state index is 5.69. The first-order chi connectivity index (χ1) is 11.2. The Morgan fingerprint density at radius 1 is 1.13 bits per heavy atom. The summed E-state index contributed by atoms with van der Waals surface area (Å²) in [7, 11) is 0. The summed E-state index contributed by atoms with van der Waals surface area (Å²) in [5, 5.41) is 5.44. The number of aryl methyl sites for hydroxylation is 1. The topological polar surface area (TPSA) is 83.4 Å². The lowest BCUT2D eigenvalue weighted by atomic mass is 10.2. The minimum atomic E-state index is 0.0871. The third-order valence-corrected chi connectivity index (χ3v) is 4.32. The summed E-state index contributed by atoms with van der Waals surface area (Å²) in [6, 6.07) is 11.2. The van der Waals surface area contributed by atoms with Gasteiger partial charge in [0.2, 0.25) is 6.79 Å². The number of hydrogen-bond donors (Lipinski definition) is 1. The monoisotopic (exact) mass is 327 g/mol. The molecule has 0 aliphatic rings. The van der Waals surface area contributed by atoms with Crippen molar-refractivity contribution in [3.8, 4) is 11.5 Å². The molecule has 0 saturated carbocycles. The van der Waals surface area contributed by atoms with Gasteiger partial charge in [-0.05, 0) is 31.2 Å². The molecular formula is C16H13N3O3S. The van der Waals surface area contributed by atoms with E-state index in [2.05, 4.69) is 10.1 Å². The van der Waals surface area contributed by atoms with Gasteiger partial charge in [-0.15, -0.1) is 0 Å². The molecule has 4 rings (SSSR count). The molecule has 2 aromatic heterocycles. The van der Waals surface area contributed by atoms with Crippen molar-refractivity contribution in [3.05, 3.63) is 42.1 Å². The first kappa shape index (κ1) is 13.8. The molecule has 0 radical (unpaired) electrons. The van der Waals surface area contributed by atoms with E-state index < -0.39 is 0 Å². The molecule has 0 aliphatic carbocycles. The third-order valence-electron chi connectivity index (χ3n) is 3.45. The molecule has 0 unspecified atom stereocenters. The number of nitrogen functional groups attached to an aromatic ring is 1. The van der Waals surface area contributed by atoms with Crippen molar-refractivity contribution in [2.45, 2.75) is 6.92 Å². The molecule has 2 N–H and O–H groups in total. The molecular weight excluding hydrogens is 314 g/mol. The van der Waals surface area contributed by atoms with Gasteiger partial charge in [-0.1, -0.05) is 16.5 Å². The number of nitrogens with zero attached hydrogens (tertiary/aromatic N) is 2. The highest BCUT2D eigenvalue weighted by atomic mass is 32.1. The molecule has 23 heavy (non-hydrogen) atoms. The quantitative estimate of drug-likeness (QED) is 0.575. The van der Waals surface area contributed by atoms with Gasteiger partial charge in [0.05, 0.1) is 15.9 Å². The van der Waals surface area contributed by atoms with Crippen LogP contribution in [0.3, 0.4) is 0 Å². The van der Waals surface area contributed by atoms with Crippen molar-refractivity contribution in [2.24, 2.45) is 0 Å². The fourth-order valence-corrected chi connectivity index (χ4v) is 3.03. The average molecular weight is 327 g/mol. The Kier molecular flexibility index (Phi) is 3.27. The lowest BCUT2D eigenvalue weighted by molar-refractivity contribution is 0.120. The normalized spacial score (nSPS) is 11.2. The fraction of sp³-hybridized carbons (Fsp3) is 0.125. The average Bonchev–Trinajstić information content (AvgIpc) is 3.09. The Bertz CT molecular complexity index is 982. The Labute approximate surface area is 135 Å². The third kappa shape index (κ3) is 2.66. The fourth-order valence-electron chi connectivity index (χ4n) is 2.31. The summed E-state index contributed by atoms with van der Waals surface area (Å²) in [5.74, 6) is 1.34. The first-order valence-corrected chi connectivity index (χ1v) is 7.78. The molecule has 4 aromatic rings. The van der Waals surface area contributed by atoms with Crippen molar-refractivity contribution in [2.75, 3.05) is 12.5 Å². The molecule has 2 heterocycles. The van der Waals surface area contributed by atoms with Gasteiger partial charge in [0.25, 0.3) is 0 Å². The van der Waals surface area contributed by atoms with Gasteiger partial charge >= 0.3 is 0 Å².